The van der Waals surface area contributed by atoms with Gasteiger partial charge in [0, 0.05) is 6.42 Å². The highest BCUT2D eigenvalue weighted by molar-refractivity contribution is 7.96. The second kappa shape index (κ2) is 4.99. The molecule has 0 aliphatic rings. The van der Waals surface area contributed by atoms with E-state index in [1.165, 1.54) is 5.56 Å². The molecule has 0 fully saturated rings. The van der Waals surface area contributed by atoms with E-state index in [0.717, 1.165) is 11.1 Å². The van der Waals surface area contributed by atoms with Crippen LogP contribution in [-0.2, 0) is 11.2 Å². The third kappa shape index (κ3) is 2.74. The number of hydrogen-bond acceptors (Lipinski definition) is 1. The first-order chi connectivity index (χ1) is 7.75. The van der Waals surface area contributed by atoms with Crippen LogP contribution in [0.3, 0.4) is 0 Å². The quantitative estimate of drug-likeness (QED) is 0.797. The number of benzene rings is 2. The number of thiol groups is 1. The molecule has 2 heteroatoms. The summed E-state index contributed by atoms with van der Waals surface area (Å²) in [7, 11) is 0. The van der Waals surface area contributed by atoms with Gasteiger partial charge >= 0.3 is 0 Å². The molecule has 1 nitrogen and oxygen atoms in total. The summed E-state index contributed by atoms with van der Waals surface area (Å²) in [5.74, 6) is 0. The zero-order chi connectivity index (χ0) is 11.4. The summed E-state index contributed by atoms with van der Waals surface area (Å²) in [6, 6.07) is 18.2. The molecule has 0 saturated heterocycles. The van der Waals surface area contributed by atoms with E-state index < -0.39 is 0 Å². The molecule has 0 saturated carbocycles. The van der Waals surface area contributed by atoms with Crippen molar-refractivity contribution in [1.29, 1.82) is 0 Å². The highest BCUT2D eigenvalue weighted by Crippen LogP contribution is 2.19. The van der Waals surface area contributed by atoms with Crippen molar-refractivity contribution in [3.8, 4) is 11.1 Å². The Kier molecular flexibility index (Phi) is 3.42. The molecule has 0 bridgehead atoms. The summed E-state index contributed by atoms with van der Waals surface area (Å²) >= 11 is 3.77. The standard InChI is InChI=1S/C14H12OS/c15-14(16)10-11-6-8-13(9-7-11)12-4-2-1-3-5-12/h1-9H,10H2,(H,15,16). The summed E-state index contributed by atoms with van der Waals surface area (Å²) in [5.41, 5.74) is 3.35. The first kappa shape index (κ1) is 11.0. The summed E-state index contributed by atoms with van der Waals surface area (Å²) in [6.07, 6.45) is 0.387. The van der Waals surface area contributed by atoms with Crippen LogP contribution < -0.4 is 0 Å². The topological polar surface area (TPSA) is 17.1 Å². The molecule has 0 heterocycles. The Balaban J connectivity index is 2.23. The van der Waals surface area contributed by atoms with Crippen molar-refractivity contribution < 1.29 is 4.79 Å². The minimum absolute atomic E-state index is 0.104. The van der Waals surface area contributed by atoms with E-state index in [1.807, 2.05) is 42.5 Å². The largest absolute Gasteiger partial charge is 0.287 e. The molecule has 0 amide bonds. The summed E-state index contributed by atoms with van der Waals surface area (Å²) in [6.45, 7) is 0. The Bertz CT molecular complexity index is 474. The predicted molar refractivity (Wildman–Crippen MR) is 69.6 cm³/mol. The zero-order valence-electron chi connectivity index (χ0n) is 8.76. The molecule has 16 heavy (non-hydrogen) atoms. The van der Waals surface area contributed by atoms with Crippen LogP contribution >= 0.6 is 12.6 Å². The van der Waals surface area contributed by atoms with Crippen LogP contribution in [0.2, 0.25) is 0 Å². The molecule has 80 valence electrons. The monoisotopic (exact) mass is 228 g/mol. The third-order valence-electron chi connectivity index (χ3n) is 2.42. The highest BCUT2D eigenvalue weighted by atomic mass is 32.1. The summed E-state index contributed by atoms with van der Waals surface area (Å²) < 4.78 is 0. The van der Waals surface area contributed by atoms with Gasteiger partial charge in [-0.1, -0.05) is 54.6 Å². The fraction of sp³-hybridized carbons (Fsp3) is 0.0714. The minimum Gasteiger partial charge on any atom is -0.287 e. The minimum atomic E-state index is -0.104. The van der Waals surface area contributed by atoms with Crippen LogP contribution in [0.15, 0.2) is 54.6 Å². The Morgan fingerprint density at radius 2 is 1.44 bits per heavy atom. The second-order valence-corrected chi connectivity index (χ2v) is 4.13. The van der Waals surface area contributed by atoms with E-state index in [-0.39, 0.29) is 5.12 Å². The van der Waals surface area contributed by atoms with Gasteiger partial charge < -0.3 is 0 Å². The van der Waals surface area contributed by atoms with Crippen molar-refractivity contribution in [2.45, 2.75) is 6.42 Å². The maximum atomic E-state index is 10.8. The van der Waals surface area contributed by atoms with Gasteiger partial charge in [0.25, 0.3) is 0 Å². The van der Waals surface area contributed by atoms with Gasteiger partial charge in [0.2, 0.25) is 0 Å². The lowest BCUT2D eigenvalue weighted by Gasteiger charge is -2.02. The summed E-state index contributed by atoms with van der Waals surface area (Å²) in [5, 5.41) is -0.104. The second-order valence-electron chi connectivity index (χ2n) is 3.63. The Labute approximate surface area is 101 Å². The third-order valence-corrected chi connectivity index (χ3v) is 2.57. The molecule has 2 aromatic rings. The van der Waals surface area contributed by atoms with Crippen molar-refractivity contribution in [1.82, 2.24) is 0 Å². The Morgan fingerprint density at radius 3 is 2.00 bits per heavy atom. The maximum absolute atomic E-state index is 10.8. The van der Waals surface area contributed by atoms with Gasteiger partial charge in [-0.3, -0.25) is 4.79 Å². The highest BCUT2D eigenvalue weighted by Gasteiger charge is 1.99. The van der Waals surface area contributed by atoms with Crippen LogP contribution in [0, 0.1) is 0 Å². The molecule has 2 rings (SSSR count). The molecule has 2 aromatic carbocycles. The molecule has 0 aliphatic carbocycles. The molecule has 0 spiro atoms. The van der Waals surface area contributed by atoms with E-state index in [9.17, 15) is 4.79 Å². The van der Waals surface area contributed by atoms with Crippen molar-refractivity contribution in [2.24, 2.45) is 0 Å². The van der Waals surface area contributed by atoms with Gasteiger partial charge in [0.15, 0.2) is 5.12 Å². The molecule has 0 atom stereocenters. The zero-order valence-corrected chi connectivity index (χ0v) is 9.65. The number of carbonyl (C=O) groups is 1. The van der Waals surface area contributed by atoms with E-state index in [1.54, 1.807) is 0 Å². The van der Waals surface area contributed by atoms with Gasteiger partial charge in [0.1, 0.15) is 0 Å². The molecule has 0 aliphatic heterocycles. The van der Waals surface area contributed by atoms with Crippen molar-refractivity contribution in [3.63, 3.8) is 0 Å². The predicted octanol–water partition coefficient (Wildman–Crippen LogP) is 3.35. The average Bonchev–Trinajstić information content (AvgIpc) is 2.30. The molecule has 0 aromatic heterocycles. The normalized spacial score (nSPS) is 10.1. The number of hydrogen-bond donors (Lipinski definition) is 1. The van der Waals surface area contributed by atoms with Crippen molar-refractivity contribution >= 4 is 17.7 Å². The smallest absolute Gasteiger partial charge is 0.190 e. The van der Waals surface area contributed by atoms with Crippen LogP contribution in [0.1, 0.15) is 5.56 Å². The fourth-order valence-electron chi connectivity index (χ4n) is 1.62. The van der Waals surface area contributed by atoms with E-state index in [4.69, 9.17) is 0 Å². The molecule has 0 N–H and O–H groups in total. The fourth-order valence-corrected chi connectivity index (χ4v) is 1.80. The van der Waals surface area contributed by atoms with Gasteiger partial charge in [-0.05, 0) is 16.7 Å². The van der Waals surface area contributed by atoms with Gasteiger partial charge in [-0.2, -0.15) is 0 Å². The molecular formula is C14H12OS. The summed E-state index contributed by atoms with van der Waals surface area (Å²) in [4.78, 5) is 10.8. The van der Waals surface area contributed by atoms with Crippen LogP contribution in [0.25, 0.3) is 11.1 Å². The van der Waals surface area contributed by atoms with E-state index >= 15 is 0 Å². The van der Waals surface area contributed by atoms with Gasteiger partial charge in [0.05, 0.1) is 0 Å². The molecular weight excluding hydrogens is 216 g/mol. The molecule has 0 unspecified atom stereocenters. The first-order valence-electron chi connectivity index (χ1n) is 5.12. The average molecular weight is 228 g/mol. The Hall–Kier alpha value is -1.54. The molecule has 0 radical (unpaired) electrons. The lowest BCUT2D eigenvalue weighted by Crippen LogP contribution is -1.92. The van der Waals surface area contributed by atoms with Crippen LogP contribution in [0.5, 0.6) is 0 Å². The SMILES string of the molecule is O=C(S)Cc1ccc(-c2ccccc2)cc1. The van der Waals surface area contributed by atoms with Crippen molar-refractivity contribution in [2.75, 3.05) is 0 Å². The Morgan fingerprint density at radius 1 is 0.875 bits per heavy atom. The van der Waals surface area contributed by atoms with Gasteiger partial charge in [-0.25, -0.2) is 0 Å². The number of carbonyl (C=O) groups excluding carboxylic acids is 1. The van der Waals surface area contributed by atoms with Crippen LogP contribution in [0.4, 0.5) is 0 Å². The van der Waals surface area contributed by atoms with Gasteiger partial charge in [-0.15, -0.1) is 12.6 Å². The van der Waals surface area contributed by atoms with Crippen molar-refractivity contribution in [3.05, 3.63) is 60.2 Å². The lowest BCUT2D eigenvalue weighted by atomic mass is 10.0. The maximum Gasteiger partial charge on any atom is 0.190 e. The number of rotatable bonds is 3. The lowest BCUT2D eigenvalue weighted by molar-refractivity contribution is -0.110. The first-order valence-corrected chi connectivity index (χ1v) is 5.56. The van der Waals surface area contributed by atoms with E-state index in [2.05, 4.69) is 24.8 Å². The van der Waals surface area contributed by atoms with Crippen LogP contribution in [-0.4, -0.2) is 5.12 Å². The van der Waals surface area contributed by atoms with E-state index in [0.29, 0.717) is 6.42 Å².